The highest BCUT2D eigenvalue weighted by atomic mass is 32.2. The molecule has 1 heterocycles. The van der Waals surface area contributed by atoms with Gasteiger partial charge in [-0.1, -0.05) is 6.42 Å². The summed E-state index contributed by atoms with van der Waals surface area (Å²) in [6.45, 7) is 1.97. The molecule has 3 unspecified atom stereocenters. The maximum absolute atomic E-state index is 12.9. The van der Waals surface area contributed by atoms with Crippen LogP contribution in [-0.4, -0.2) is 57.7 Å². The highest BCUT2D eigenvalue weighted by Crippen LogP contribution is 2.35. The van der Waals surface area contributed by atoms with Gasteiger partial charge in [0.1, 0.15) is 0 Å². The highest BCUT2D eigenvalue weighted by Gasteiger charge is 2.45. The summed E-state index contributed by atoms with van der Waals surface area (Å²) in [7, 11) is -0.198. The van der Waals surface area contributed by atoms with Gasteiger partial charge in [0.2, 0.25) is 10.0 Å². The third-order valence-electron chi connectivity index (χ3n) is 4.67. The number of carbonyl (C=O) groups is 1. The van der Waals surface area contributed by atoms with Gasteiger partial charge in [0.05, 0.1) is 18.3 Å². The van der Waals surface area contributed by atoms with Crippen LogP contribution in [0.1, 0.15) is 32.1 Å². The van der Waals surface area contributed by atoms with Gasteiger partial charge in [-0.25, -0.2) is 12.7 Å². The molecule has 1 saturated heterocycles. The molecule has 7 heteroatoms. The minimum absolute atomic E-state index is 0.358. The topological polar surface area (TPSA) is 75.7 Å². The van der Waals surface area contributed by atoms with Crippen molar-refractivity contribution in [1.29, 1.82) is 0 Å². The number of methoxy groups -OCH3 is 1. The summed E-state index contributed by atoms with van der Waals surface area (Å²) < 4.78 is 32.1. The van der Waals surface area contributed by atoms with E-state index in [0.29, 0.717) is 31.8 Å². The SMILES string of the molecule is CNCC1CCCN(S(=O)(=O)C2CCCC2C(=O)OC)C1. The molecule has 122 valence electrons. The number of rotatable bonds is 5. The van der Waals surface area contributed by atoms with Gasteiger partial charge in [-0.2, -0.15) is 0 Å². The molecule has 1 N–H and O–H groups in total. The number of ether oxygens (including phenoxy) is 1. The molecule has 1 aliphatic carbocycles. The van der Waals surface area contributed by atoms with Crippen molar-refractivity contribution in [2.45, 2.75) is 37.4 Å². The summed E-state index contributed by atoms with van der Waals surface area (Å²) in [6.07, 6.45) is 3.90. The predicted molar refractivity (Wildman–Crippen MR) is 80.3 cm³/mol. The first-order valence-electron chi connectivity index (χ1n) is 7.72. The lowest BCUT2D eigenvalue weighted by atomic mass is 10.00. The molecule has 2 fully saturated rings. The second-order valence-corrected chi connectivity index (χ2v) is 8.22. The van der Waals surface area contributed by atoms with Crippen LogP contribution in [0.2, 0.25) is 0 Å². The van der Waals surface area contributed by atoms with E-state index in [0.717, 1.165) is 25.8 Å². The number of hydrogen-bond acceptors (Lipinski definition) is 5. The third kappa shape index (κ3) is 3.57. The van der Waals surface area contributed by atoms with Crippen LogP contribution in [0.15, 0.2) is 0 Å². The van der Waals surface area contributed by atoms with E-state index in [1.54, 1.807) is 4.31 Å². The number of piperidine rings is 1. The Morgan fingerprint density at radius 3 is 2.71 bits per heavy atom. The average Bonchev–Trinajstić information content (AvgIpc) is 2.97. The van der Waals surface area contributed by atoms with E-state index >= 15 is 0 Å². The Morgan fingerprint density at radius 1 is 1.29 bits per heavy atom. The Bertz CT molecular complexity index is 464. The number of esters is 1. The van der Waals surface area contributed by atoms with Crippen LogP contribution >= 0.6 is 0 Å². The molecule has 3 atom stereocenters. The lowest BCUT2D eigenvalue weighted by Gasteiger charge is -2.34. The molecule has 0 bridgehead atoms. The zero-order chi connectivity index (χ0) is 15.5. The predicted octanol–water partition coefficient (Wildman–Crippen LogP) is 0.589. The van der Waals surface area contributed by atoms with Crippen molar-refractivity contribution in [3.63, 3.8) is 0 Å². The van der Waals surface area contributed by atoms with Crippen molar-refractivity contribution >= 4 is 16.0 Å². The van der Waals surface area contributed by atoms with Gasteiger partial charge in [0.15, 0.2) is 0 Å². The molecule has 0 aromatic heterocycles. The molecule has 0 aromatic rings. The van der Waals surface area contributed by atoms with E-state index in [9.17, 15) is 13.2 Å². The Morgan fingerprint density at radius 2 is 2.05 bits per heavy atom. The first-order chi connectivity index (χ1) is 10.0. The van der Waals surface area contributed by atoms with Crippen LogP contribution < -0.4 is 5.32 Å². The fourth-order valence-electron chi connectivity index (χ4n) is 3.61. The van der Waals surface area contributed by atoms with Gasteiger partial charge in [0, 0.05) is 13.1 Å². The van der Waals surface area contributed by atoms with E-state index < -0.39 is 21.2 Å². The van der Waals surface area contributed by atoms with Crippen molar-refractivity contribution in [2.75, 3.05) is 33.8 Å². The molecule has 0 aromatic carbocycles. The van der Waals surface area contributed by atoms with Gasteiger partial charge >= 0.3 is 5.97 Å². The Kier molecular flexibility index (Phi) is 5.62. The molecule has 21 heavy (non-hydrogen) atoms. The first kappa shape index (κ1) is 16.7. The number of nitrogens with one attached hydrogen (secondary N) is 1. The normalized spacial score (nSPS) is 31.2. The molecular weight excluding hydrogens is 292 g/mol. The second kappa shape index (κ2) is 7.07. The van der Waals surface area contributed by atoms with E-state index in [1.807, 2.05) is 7.05 Å². The summed E-state index contributed by atoms with van der Waals surface area (Å²) in [6, 6.07) is 0. The zero-order valence-electron chi connectivity index (χ0n) is 12.9. The van der Waals surface area contributed by atoms with Crippen LogP contribution in [-0.2, 0) is 19.6 Å². The molecule has 1 saturated carbocycles. The summed E-state index contributed by atoms with van der Waals surface area (Å²) >= 11 is 0. The maximum atomic E-state index is 12.9. The number of hydrogen-bond donors (Lipinski definition) is 1. The van der Waals surface area contributed by atoms with Gasteiger partial charge in [-0.3, -0.25) is 4.79 Å². The average molecular weight is 318 g/mol. The second-order valence-electron chi connectivity index (χ2n) is 6.07. The maximum Gasteiger partial charge on any atom is 0.310 e. The van der Waals surface area contributed by atoms with Crippen LogP contribution in [0.4, 0.5) is 0 Å². The number of carbonyl (C=O) groups excluding carboxylic acids is 1. The first-order valence-corrected chi connectivity index (χ1v) is 9.22. The van der Waals surface area contributed by atoms with Crippen LogP contribution in [0.5, 0.6) is 0 Å². The molecule has 0 radical (unpaired) electrons. The van der Waals surface area contributed by atoms with Crippen LogP contribution in [0.3, 0.4) is 0 Å². The molecule has 0 amide bonds. The van der Waals surface area contributed by atoms with E-state index in [-0.39, 0.29) is 5.97 Å². The number of sulfonamides is 1. The van der Waals surface area contributed by atoms with Crippen LogP contribution in [0.25, 0.3) is 0 Å². The van der Waals surface area contributed by atoms with Crippen molar-refractivity contribution < 1.29 is 17.9 Å². The fourth-order valence-corrected chi connectivity index (χ4v) is 5.92. The summed E-state index contributed by atoms with van der Waals surface area (Å²) in [4.78, 5) is 11.8. The largest absolute Gasteiger partial charge is 0.469 e. The minimum Gasteiger partial charge on any atom is -0.469 e. The molecule has 6 nitrogen and oxygen atoms in total. The van der Waals surface area contributed by atoms with Crippen molar-refractivity contribution in [3.05, 3.63) is 0 Å². The summed E-state index contributed by atoms with van der Waals surface area (Å²) in [5.74, 6) is -0.522. The van der Waals surface area contributed by atoms with Crippen LogP contribution in [0, 0.1) is 11.8 Å². The molecule has 2 aliphatic rings. The third-order valence-corrected chi connectivity index (χ3v) is 7.05. The number of nitrogens with zero attached hydrogens (tertiary/aromatic N) is 1. The quantitative estimate of drug-likeness (QED) is 0.751. The standard InChI is InChI=1S/C14H26N2O4S/c1-15-9-11-5-4-8-16(10-11)21(18,19)13-7-3-6-12(13)14(17)20-2/h11-13,15H,3-10H2,1-2H3. The lowest BCUT2D eigenvalue weighted by molar-refractivity contribution is -0.145. The summed E-state index contributed by atoms with van der Waals surface area (Å²) in [5, 5.41) is 2.52. The molecule has 2 rings (SSSR count). The van der Waals surface area contributed by atoms with Gasteiger partial charge in [-0.05, 0) is 45.2 Å². The molecule has 1 aliphatic heterocycles. The minimum atomic E-state index is -3.41. The van der Waals surface area contributed by atoms with E-state index in [4.69, 9.17) is 4.74 Å². The van der Waals surface area contributed by atoms with Crippen molar-refractivity contribution in [2.24, 2.45) is 11.8 Å². The van der Waals surface area contributed by atoms with Gasteiger partial charge in [0.25, 0.3) is 0 Å². The van der Waals surface area contributed by atoms with E-state index in [1.165, 1.54) is 7.11 Å². The summed E-state index contributed by atoms with van der Waals surface area (Å²) in [5.41, 5.74) is 0. The fraction of sp³-hybridized carbons (Fsp3) is 0.929. The van der Waals surface area contributed by atoms with Crippen molar-refractivity contribution in [3.8, 4) is 0 Å². The molecular formula is C14H26N2O4S. The lowest BCUT2D eigenvalue weighted by Crippen LogP contribution is -2.48. The van der Waals surface area contributed by atoms with Crippen molar-refractivity contribution in [1.82, 2.24) is 9.62 Å². The zero-order valence-corrected chi connectivity index (χ0v) is 13.7. The van der Waals surface area contributed by atoms with E-state index in [2.05, 4.69) is 5.32 Å². The Balaban J connectivity index is 2.11. The Labute approximate surface area is 127 Å². The monoisotopic (exact) mass is 318 g/mol. The highest BCUT2D eigenvalue weighted by molar-refractivity contribution is 7.89. The van der Waals surface area contributed by atoms with Gasteiger partial charge < -0.3 is 10.1 Å². The Hall–Kier alpha value is -0.660. The smallest absolute Gasteiger partial charge is 0.310 e. The van der Waals surface area contributed by atoms with Gasteiger partial charge in [-0.15, -0.1) is 0 Å². The molecule has 0 spiro atoms.